The summed E-state index contributed by atoms with van der Waals surface area (Å²) in [6.45, 7) is 0.979. The van der Waals surface area contributed by atoms with Crippen molar-refractivity contribution in [2.45, 2.75) is 6.42 Å². The van der Waals surface area contributed by atoms with Crippen LogP contribution < -0.4 is 10.6 Å². The Bertz CT molecular complexity index is 428. The van der Waals surface area contributed by atoms with Crippen LogP contribution in [0.3, 0.4) is 0 Å². The van der Waals surface area contributed by atoms with Crippen LogP contribution in [-0.4, -0.2) is 25.1 Å². The minimum Gasteiger partial charge on any atom is -0.369 e. The van der Waals surface area contributed by atoms with Crippen LogP contribution in [0.2, 0.25) is 5.02 Å². The fraction of sp³-hybridized carbons (Fsp3) is 0.400. The third-order valence-corrected chi connectivity index (χ3v) is 2.61. The van der Waals surface area contributed by atoms with Crippen LogP contribution in [0.4, 0.5) is 15.8 Å². The second kappa shape index (κ2) is 5.79. The highest BCUT2D eigenvalue weighted by atomic mass is 35.5. The van der Waals surface area contributed by atoms with Crippen molar-refractivity contribution in [1.29, 1.82) is 0 Å². The first-order valence-electron chi connectivity index (χ1n) is 5.02. The molecule has 0 radical (unpaired) electrons. The molecule has 0 heterocycles. The van der Waals surface area contributed by atoms with E-state index in [-0.39, 0.29) is 16.4 Å². The van der Waals surface area contributed by atoms with Gasteiger partial charge in [-0.3, -0.25) is 10.1 Å². The van der Waals surface area contributed by atoms with E-state index in [2.05, 4.69) is 0 Å². The van der Waals surface area contributed by atoms with Crippen LogP contribution in [0, 0.1) is 15.9 Å². The zero-order valence-electron chi connectivity index (χ0n) is 9.32. The van der Waals surface area contributed by atoms with Gasteiger partial charge in [-0.1, -0.05) is 11.6 Å². The lowest BCUT2D eigenvalue weighted by atomic mass is 10.2. The molecule has 0 fully saturated rings. The van der Waals surface area contributed by atoms with Crippen molar-refractivity contribution in [2.24, 2.45) is 5.73 Å². The average Bonchev–Trinajstić information content (AvgIpc) is 2.28. The van der Waals surface area contributed by atoms with Crippen LogP contribution >= 0.6 is 11.6 Å². The lowest BCUT2D eigenvalue weighted by Crippen LogP contribution is -2.22. The van der Waals surface area contributed by atoms with Crippen LogP contribution in [0.25, 0.3) is 0 Å². The molecule has 1 aromatic rings. The van der Waals surface area contributed by atoms with Crippen molar-refractivity contribution in [1.82, 2.24) is 0 Å². The third-order valence-electron chi connectivity index (χ3n) is 2.32. The van der Waals surface area contributed by atoms with E-state index >= 15 is 0 Å². The molecule has 94 valence electrons. The molecule has 0 aliphatic carbocycles. The summed E-state index contributed by atoms with van der Waals surface area (Å²) in [6.07, 6.45) is 0.665. The fourth-order valence-electron chi connectivity index (χ4n) is 1.43. The summed E-state index contributed by atoms with van der Waals surface area (Å²) in [5.74, 6) is -0.674. The van der Waals surface area contributed by atoms with E-state index in [4.69, 9.17) is 17.3 Å². The largest absolute Gasteiger partial charge is 0.369 e. The highest BCUT2D eigenvalue weighted by Crippen LogP contribution is 2.32. The van der Waals surface area contributed by atoms with Crippen molar-refractivity contribution in [2.75, 3.05) is 25.0 Å². The molecule has 1 rings (SSSR count). The molecule has 1 aromatic carbocycles. The molecule has 17 heavy (non-hydrogen) atoms. The molecule has 0 saturated carbocycles. The molecule has 2 N–H and O–H groups in total. The number of hydrogen-bond acceptors (Lipinski definition) is 4. The number of nitrogens with zero attached hydrogens (tertiary/aromatic N) is 2. The predicted octanol–water partition coefficient (Wildman–Crippen LogP) is 2.17. The molecule has 0 saturated heterocycles. The number of hydrogen-bond donors (Lipinski definition) is 1. The zero-order chi connectivity index (χ0) is 13.0. The van der Waals surface area contributed by atoms with E-state index in [1.807, 2.05) is 0 Å². The minimum atomic E-state index is -0.674. The lowest BCUT2D eigenvalue weighted by Gasteiger charge is -2.18. The summed E-state index contributed by atoms with van der Waals surface area (Å²) in [6, 6.07) is 2.09. The SMILES string of the molecule is CN(CCCN)c1cc(F)c(Cl)cc1[N+](=O)[O-]. The van der Waals surface area contributed by atoms with Gasteiger partial charge in [0.1, 0.15) is 11.5 Å². The van der Waals surface area contributed by atoms with Crippen molar-refractivity contribution in [3.8, 4) is 0 Å². The Labute approximate surface area is 103 Å². The van der Waals surface area contributed by atoms with Gasteiger partial charge in [-0.05, 0) is 13.0 Å². The Morgan fingerprint density at radius 1 is 1.59 bits per heavy atom. The molecule has 5 nitrogen and oxygen atoms in total. The van der Waals surface area contributed by atoms with Gasteiger partial charge < -0.3 is 10.6 Å². The van der Waals surface area contributed by atoms with E-state index in [0.29, 0.717) is 19.5 Å². The molecular formula is C10H13ClFN3O2. The number of rotatable bonds is 5. The molecule has 0 aliphatic rings. The number of benzene rings is 1. The smallest absolute Gasteiger partial charge is 0.294 e. The molecule has 0 amide bonds. The van der Waals surface area contributed by atoms with Gasteiger partial charge in [0.15, 0.2) is 0 Å². The Balaban J connectivity index is 3.11. The highest BCUT2D eigenvalue weighted by Gasteiger charge is 2.20. The van der Waals surface area contributed by atoms with Gasteiger partial charge in [-0.15, -0.1) is 0 Å². The Kier molecular flexibility index (Phi) is 4.65. The normalized spacial score (nSPS) is 10.4. The maximum atomic E-state index is 13.3. The van der Waals surface area contributed by atoms with Crippen LogP contribution in [0.15, 0.2) is 12.1 Å². The van der Waals surface area contributed by atoms with Crippen molar-refractivity contribution in [3.05, 3.63) is 33.1 Å². The maximum absolute atomic E-state index is 13.3. The summed E-state index contributed by atoms with van der Waals surface area (Å²) in [4.78, 5) is 11.8. The molecule has 7 heteroatoms. The van der Waals surface area contributed by atoms with Gasteiger partial charge in [-0.25, -0.2) is 4.39 Å². The maximum Gasteiger partial charge on any atom is 0.294 e. The molecule has 0 aromatic heterocycles. The number of halogens is 2. The summed E-state index contributed by atoms with van der Waals surface area (Å²) in [5, 5.41) is 10.6. The average molecular weight is 262 g/mol. The standard InChI is InChI=1S/C10H13ClFN3O2/c1-14(4-2-3-13)9-6-8(12)7(11)5-10(9)15(16)17/h5-6H,2-4,13H2,1H3. The Morgan fingerprint density at radius 3 is 2.76 bits per heavy atom. The molecule has 0 atom stereocenters. The van der Waals surface area contributed by atoms with Crippen molar-refractivity contribution < 1.29 is 9.31 Å². The van der Waals surface area contributed by atoms with Gasteiger partial charge in [0.05, 0.1) is 9.95 Å². The second-order valence-electron chi connectivity index (χ2n) is 3.58. The quantitative estimate of drug-likeness (QED) is 0.651. The van der Waals surface area contributed by atoms with E-state index in [9.17, 15) is 14.5 Å². The minimum absolute atomic E-state index is 0.199. The van der Waals surface area contributed by atoms with Gasteiger partial charge in [0, 0.05) is 25.7 Å². The van der Waals surface area contributed by atoms with E-state index in [0.717, 1.165) is 12.1 Å². The topological polar surface area (TPSA) is 72.4 Å². The first-order valence-corrected chi connectivity index (χ1v) is 5.39. The first kappa shape index (κ1) is 13.7. The molecule has 0 aliphatic heterocycles. The van der Waals surface area contributed by atoms with Crippen LogP contribution in [0.1, 0.15) is 6.42 Å². The van der Waals surface area contributed by atoms with E-state index in [1.165, 1.54) is 0 Å². The van der Waals surface area contributed by atoms with Crippen molar-refractivity contribution in [3.63, 3.8) is 0 Å². The highest BCUT2D eigenvalue weighted by molar-refractivity contribution is 6.31. The monoisotopic (exact) mass is 261 g/mol. The molecule has 0 bridgehead atoms. The van der Waals surface area contributed by atoms with Crippen molar-refractivity contribution >= 4 is 23.0 Å². The lowest BCUT2D eigenvalue weighted by molar-refractivity contribution is -0.384. The third kappa shape index (κ3) is 3.28. The van der Waals surface area contributed by atoms with Crippen LogP contribution in [0.5, 0.6) is 0 Å². The van der Waals surface area contributed by atoms with Gasteiger partial charge in [0.2, 0.25) is 0 Å². The van der Waals surface area contributed by atoms with Crippen LogP contribution in [-0.2, 0) is 0 Å². The Hall–Kier alpha value is -1.40. The predicted molar refractivity (Wildman–Crippen MR) is 65.0 cm³/mol. The summed E-state index contributed by atoms with van der Waals surface area (Å²) < 4.78 is 13.3. The molecular weight excluding hydrogens is 249 g/mol. The van der Waals surface area contributed by atoms with E-state index < -0.39 is 10.7 Å². The van der Waals surface area contributed by atoms with Gasteiger partial charge in [-0.2, -0.15) is 0 Å². The first-order chi connectivity index (χ1) is 7.97. The number of nitro groups is 1. The molecule has 0 unspecified atom stereocenters. The number of anilines is 1. The number of nitrogens with two attached hydrogens (primary N) is 1. The Morgan fingerprint density at radius 2 is 2.24 bits per heavy atom. The summed E-state index contributed by atoms with van der Waals surface area (Å²) >= 11 is 5.52. The fourth-order valence-corrected chi connectivity index (χ4v) is 1.58. The number of nitro benzene ring substituents is 1. The van der Waals surface area contributed by atoms with Gasteiger partial charge >= 0.3 is 0 Å². The summed E-state index contributed by atoms with van der Waals surface area (Å²) in [5.41, 5.74) is 5.34. The molecule has 0 spiro atoms. The van der Waals surface area contributed by atoms with E-state index in [1.54, 1.807) is 11.9 Å². The second-order valence-corrected chi connectivity index (χ2v) is 3.98. The zero-order valence-corrected chi connectivity index (χ0v) is 10.1. The van der Waals surface area contributed by atoms with Gasteiger partial charge in [0.25, 0.3) is 5.69 Å². The summed E-state index contributed by atoms with van der Waals surface area (Å²) in [7, 11) is 1.64.